The average Bonchev–Trinajstić information content (AvgIpc) is 2.93. The standard InChI is InChI=1S/C24H30N2O4S/c1-13(2)26-19-9-14(3)17(10-18(19)15(4)12-24(26,6)7)11-20-21(27)25(23(29)31-20)16(5)22(28)30-8/h9-13,16H,1-8H3/b20-11+. The van der Waals surface area contributed by atoms with Crippen LogP contribution in [0.2, 0.25) is 0 Å². The number of imide groups is 1. The van der Waals surface area contributed by atoms with Crippen LogP contribution < -0.4 is 4.90 Å². The highest BCUT2D eigenvalue weighted by molar-refractivity contribution is 8.18. The fourth-order valence-electron chi connectivity index (χ4n) is 4.54. The number of methoxy groups -OCH3 is 1. The highest BCUT2D eigenvalue weighted by Gasteiger charge is 2.41. The number of thioether (sulfide) groups is 1. The smallest absolute Gasteiger partial charge is 0.328 e. The zero-order valence-corrected chi connectivity index (χ0v) is 20.2. The van der Waals surface area contributed by atoms with Gasteiger partial charge in [0, 0.05) is 17.3 Å². The number of amides is 2. The minimum Gasteiger partial charge on any atom is -0.467 e. The number of rotatable bonds is 4. The van der Waals surface area contributed by atoms with Crippen molar-refractivity contribution < 1.29 is 19.1 Å². The molecular weight excluding hydrogens is 412 g/mol. The van der Waals surface area contributed by atoms with Crippen LogP contribution in [0.1, 0.15) is 58.2 Å². The summed E-state index contributed by atoms with van der Waals surface area (Å²) in [7, 11) is 1.24. The topological polar surface area (TPSA) is 66.9 Å². The van der Waals surface area contributed by atoms with Gasteiger partial charge in [0.05, 0.1) is 17.6 Å². The van der Waals surface area contributed by atoms with Crippen molar-refractivity contribution in [3.8, 4) is 0 Å². The summed E-state index contributed by atoms with van der Waals surface area (Å²) in [5, 5.41) is -0.464. The molecule has 31 heavy (non-hydrogen) atoms. The van der Waals surface area contributed by atoms with Crippen LogP contribution in [0.5, 0.6) is 0 Å². The van der Waals surface area contributed by atoms with Crippen LogP contribution in [0.3, 0.4) is 0 Å². The molecule has 3 rings (SSSR count). The second kappa shape index (κ2) is 8.19. The highest BCUT2D eigenvalue weighted by Crippen LogP contribution is 2.42. The van der Waals surface area contributed by atoms with E-state index in [4.69, 9.17) is 0 Å². The summed E-state index contributed by atoms with van der Waals surface area (Å²) in [4.78, 5) is 40.8. The van der Waals surface area contributed by atoms with Gasteiger partial charge < -0.3 is 9.64 Å². The van der Waals surface area contributed by atoms with Gasteiger partial charge in [-0.2, -0.15) is 0 Å². The van der Waals surface area contributed by atoms with E-state index < -0.39 is 23.2 Å². The predicted molar refractivity (Wildman–Crippen MR) is 126 cm³/mol. The molecule has 1 saturated heterocycles. The van der Waals surface area contributed by atoms with Crippen molar-refractivity contribution in [2.75, 3.05) is 12.0 Å². The Balaban J connectivity index is 2.04. The number of aryl methyl sites for hydroxylation is 1. The molecule has 1 aromatic carbocycles. The number of carbonyl (C=O) groups excluding carboxylic acids is 3. The van der Waals surface area contributed by atoms with E-state index in [0.29, 0.717) is 10.9 Å². The molecule has 0 N–H and O–H groups in total. The van der Waals surface area contributed by atoms with E-state index in [1.165, 1.54) is 25.3 Å². The van der Waals surface area contributed by atoms with Crippen LogP contribution in [-0.2, 0) is 14.3 Å². The molecule has 0 radical (unpaired) electrons. The van der Waals surface area contributed by atoms with Crippen molar-refractivity contribution in [2.45, 2.75) is 66.1 Å². The molecule has 1 aromatic rings. The molecule has 1 fully saturated rings. The molecule has 1 unspecified atom stereocenters. The number of anilines is 1. The van der Waals surface area contributed by atoms with Crippen molar-refractivity contribution in [3.05, 3.63) is 39.8 Å². The molecule has 0 aliphatic carbocycles. The van der Waals surface area contributed by atoms with Crippen molar-refractivity contribution in [2.24, 2.45) is 0 Å². The summed E-state index contributed by atoms with van der Waals surface area (Å²) < 4.78 is 4.69. The van der Waals surface area contributed by atoms with Crippen LogP contribution in [-0.4, -0.2) is 46.7 Å². The number of hydrogen-bond acceptors (Lipinski definition) is 6. The van der Waals surface area contributed by atoms with Gasteiger partial charge in [-0.3, -0.25) is 14.5 Å². The lowest BCUT2D eigenvalue weighted by Crippen LogP contribution is -2.49. The molecule has 2 aliphatic rings. The van der Waals surface area contributed by atoms with Gasteiger partial charge in [0.2, 0.25) is 0 Å². The van der Waals surface area contributed by atoms with Gasteiger partial charge in [0.15, 0.2) is 0 Å². The number of esters is 1. The molecule has 0 aromatic heterocycles. The van der Waals surface area contributed by atoms with Crippen molar-refractivity contribution >= 4 is 46.2 Å². The third kappa shape index (κ3) is 4.03. The van der Waals surface area contributed by atoms with E-state index in [1.54, 1.807) is 6.08 Å². The molecule has 0 bridgehead atoms. The van der Waals surface area contributed by atoms with E-state index in [-0.39, 0.29) is 5.54 Å². The molecule has 0 saturated carbocycles. The number of allylic oxidation sites excluding steroid dienone is 1. The SMILES string of the molecule is COC(=O)C(C)N1C(=O)S/C(=C/c2cc3c(cc2C)N(C(C)C)C(C)(C)C=C3C)C1=O. The number of nitrogens with zero attached hydrogens (tertiary/aromatic N) is 2. The second-order valence-electron chi connectivity index (χ2n) is 8.92. The summed E-state index contributed by atoms with van der Waals surface area (Å²) in [5.74, 6) is -1.09. The van der Waals surface area contributed by atoms with E-state index in [1.807, 2.05) is 6.92 Å². The van der Waals surface area contributed by atoms with Crippen molar-refractivity contribution in [1.29, 1.82) is 0 Å². The van der Waals surface area contributed by atoms with Crippen molar-refractivity contribution in [3.63, 3.8) is 0 Å². The normalized spacial score (nSPS) is 20.3. The summed E-state index contributed by atoms with van der Waals surface area (Å²) in [6.45, 7) is 14.4. The first-order valence-electron chi connectivity index (χ1n) is 10.4. The summed E-state index contributed by atoms with van der Waals surface area (Å²) in [6.07, 6.45) is 4.01. The molecular formula is C24H30N2O4S. The summed E-state index contributed by atoms with van der Waals surface area (Å²) in [5.41, 5.74) is 5.26. The fraction of sp³-hybridized carbons (Fsp3) is 0.458. The lowest BCUT2D eigenvalue weighted by Gasteiger charge is -2.46. The molecule has 2 amide bonds. The average molecular weight is 443 g/mol. The van der Waals surface area contributed by atoms with Crippen LogP contribution in [0, 0.1) is 6.92 Å². The second-order valence-corrected chi connectivity index (χ2v) is 9.91. The van der Waals surface area contributed by atoms with E-state index >= 15 is 0 Å². The molecule has 2 heterocycles. The Morgan fingerprint density at radius 3 is 2.39 bits per heavy atom. The molecule has 6 nitrogen and oxygen atoms in total. The molecule has 0 spiro atoms. The first-order chi connectivity index (χ1) is 14.4. The lowest BCUT2D eigenvalue weighted by molar-refractivity contribution is -0.148. The molecule has 2 aliphatic heterocycles. The van der Waals surface area contributed by atoms with E-state index in [9.17, 15) is 14.4 Å². The van der Waals surface area contributed by atoms with Gasteiger partial charge in [-0.1, -0.05) is 6.08 Å². The van der Waals surface area contributed by atoms with Gasteiger partial charge in [0.1, 0.15) is 6.04 Å². The van der Waals surface area contributed by atoms with E-state index in [0.717, 1.165) is 33.4 Å². The minimum atomic E-state index is -0.958. The van der Waals surface area contributed by atoms with Crippen LogP contribution in [0.4, 0.5) is 10.5 Å². The Morgan fingerprint density at radius 1 is 1.16 bits per heavy atom. The maximum Gasteiger partial charge on any atom is 0.328 e. The van der Waals surface area contributed by atoms with Gasteiger partial charge in [-0.25, -0.2) is 4.79 Å². The quantitative estimate of drug-likeness (QED) is 0.483. The first-order valence-corrected chi connectivity index (χ1v) is 11.2. The Kier molecular flexibility index (Phi) is 6.11. The number of hydrogen-bond donors (Lipinski definition) is 0. The zero-order chi connectivity index (χ0) is 23.2. The Hall–Kier alpha value is -2.54. The maximum atomic E-state index is 12.9. The van der Waals surface area contributed by atoms with E-state index in [2.05, 4.69) is 62.5 Å². The predicted octanol–water partition coefficient (Wildman–Crippen LogP) is 5.00. The molecule has 166 valence electrons. The molecule has 7 heteroatoms. The zero-order valence-electron chi connectivity index (χ0n) is 19.4. The number of ether oxygens (including phenoxy) is 1. The Morgan fingerprint density at radius 2 is 1.81 bits per heavy atom. The third-order valence-corrected chi connectivity index (χ3v) is 6.70. The number of carbonyl (C=O) groups is 3. The highest BCUT2D eigenvalue weighted by atomic mass is 32.2. The van der Waals surface area contributed by atoms with Gasteiger partial charge in [-0.15, -0.1) is 0 Å². The maximum absolute atomic E-state index is 12.9. The third-order valence-electron chi connectivity index (χ3n) is 5.82. The van der Waals surface area contributed by atoms with Gasteiger partial charge >= 0.3 is 5.97 Å². The monoisotopic (exact) mass is 442 g/mol. The van der Waals surface area contributed by atoms with Crippen LogP contribution in [0.25, 0.3) is 11.6 Å². The minimum absolute atomic E-state index is 0.105. The largest absolute Gasteiger partial charge is 0.467 e. The van der Waals surface area contributed by atoms with Crippen LogP contribution >= 0.6 is 11.8 Å². The summed E-state index contributed by atoms with van der Waals surface area (Å²) >= 11 is 0.851. The fourth-order valence-corrected chi connectivity index (χ4v) is 5.44. The Labute approximate surface area is 188 Å². The van der Waals surface area contributed by atoms with Crippen molar-refractivity contribution in [1.82, 2.24) is 4.90 Å². The number of fused-ring (bicyclic) bond motifs is 1. The first kappa shape index (κ1) is 23.1. The lowest BCUT2D eigenvalue weighted by atomic mass is 9.86. The Bertz CT molecular complexity index is 1020. The van der Waals surface area contributed by atoms with Crippen LogP contribution in [0.15, 0.2) is 23.1 Å². The van der Waals surface area contributed by atoms with Gasteiger partial charge in [0.25, 0.3) is 11.1 Å². The number of benzene rings is 1. The summed E-state index contributed by atoms with van der Waals surface area (Å²) in [6, 6.07) is 3.60. The van der Waals surface area contributed by atoms with Gasteiger partial charge in [-0.05, 0) is 95.1 Å². The molecule has 1 atom stereocenters.